The lowest BCUT2D eigenvalue weighted by atomic mass is 10.0. The van der Waals surface area contributed by atoms with E-state index in [-0.39, 0.29) is 5.91 Å². The number of benzene rings is 1. The van der Waals surface area contributed by atoms with E-state index < -0.39 is 0 Å². The zero-order valence-corrected chi connectivity index (χ0v) is 19.2. The summed E-state index contributed by atoms with van der Waals surface area (Å²) in [7, 11) is 0. The lowest BCUT2D eigenvalue weighted by Crippen LogP contribution is -2.49. The topological polar surface area (TPSA) is 92.6 Å². The minimum Gasteiger partial charge on any atom is -0.337 e. The Morgan fingerprint density at radius 1 is 1.00 bits per heavy atom. The molecule has 0 bridgehead atoms. The van der Waals surface area contributed by atoms with E-state index in [4.69, 9.17) is 28.9 Å². The van der Waals surface area contributed by atoms with Crippen molar-refractivity contribution in [3.8, 4) is 11.1 Å². The molecule has 33 heavy (non-hydrogen) atoms. The number of piperazine rings is 1. The van der Waals surface area contributed by atoms with Crippen molar-refractivity contribution in [3.05, 3.63) is 76.4 Å². The highest BCUT2D eigenvalue weighted by Gasteiger charge is 2.26. The van der Waals surface area contributed by atoms with Gasteiger partial charge in [-0.05, 0) is 29.8 Å². The lowest BCUT2D eigenvalue weighted by Gasteiger charge is -2.34. The maximum Gasteiger partial charge on any atom is 0.272 e. The Hall–Kier alpha value is -3.20. The second kappa shape index (κ2) is 8.97. The Kier molecular flexibility index (Phi) is 5.88. The molecule has 4 heterocycles. The number of nitrogens with zero attached hydrogens (tertiary/aromatic N) is 6. The minimum atomic E-state index is -0.0789. The molecule has 1 saturated heterocycles. The van der Waals surface area contributed by atoms with Gasteiger partial charge in [0, 0.05) is 72.5 Å². The van der Waals surface area contributed by atoms with Gasteiger partial charge in [-0.2, -0.15) is 0 Å². The molecule has 5 rings (SSSR count). The number of hydrogen-bond donors (Lipinski definition) is 1. The van der Waals surface area contributed by atoms with Gasteiger partial charge in [-0.15, -0.1) is 0 Å². The number of carbonyl (C=O) groups is 1. The SMILES string of the molecule is NCc1cc2ncc(C(=O)N3CCN(c4ncccn4)CC3)n2cc1-c1ccc(Cl)cc1Cl. The summed E-state index contributed by atoms with van der Waals surface area (Å²) in [4.78, 5) is 30.3. The number of nitrogens with two attached hydrogens (primary N) is 1. The normalized spacial score (nSPS) is 14.2. The number of aromatic nitrogens is 4. The van der Waals surface area contributed by atoms with E-state index >= 15 is 0 Å². The molecule has 1 aromatic carbocycles. The first-order valence-corrected chi connectivity index (χ1v) is 11.3. The first-order valence-electron chi connectivity index (χ1n) is 10.5. The third-order valence-electron chi connectivity index (χ3n) is 5.80. The van der Waals surface area contributed by atoms with E-state index in [1.807, 2.05) is 23.2 Å². The van der Waals surface area contributed by atoms with Gasteiger partial charge in [0.15, 0.2) is 0 Å². The standard InChI is InChI=1S/C23H21Cl2N7O/c24-16-2-3-17(19(25)11-16)18-14-32-20(13-29-21(32)10-15(18)12-26)22(33)30-6-8-31(9-7-30)23-27-4-1-5-28-23/h1-5,10-11,13-14H,6-9,12,26H2. The van der Waals surface area contributed by atoms with E-state index in [2.05, 4.69) is 19.9 Å². The molecule has 1 aliphatic heterocycles. The molecule has 4 aromatic rings. The number of halogens is 2. The Bertz CT molecular complexity index is 1320. The van der Waals surface area contributed by atoms with Gasteiger partial charge in [0.25, 0.3) is 5.91 Å². The zero-order valence-electron chi connectivity index (χ0n) is 17.7. The van der Waals surface area contributed by atoms with Crippen LogP contribution in [-0.4, -0.2) is 56.3 Å². The van der Waals surface area contributed by atoms with Gasteiger partial charge >= 0.3 is 0 Å². The summed E-state index contributed by atoms with van der Waals surface area (Å²) in [6, 6.07) is 9.01. The Labute approximate surface area is 200 Å². The predicted octanol–water partition coefficient (Wildman–Crippen LogP) is 3.52. The van der Waals surface area contributed by atoms with Crippen LogP contribution < -0.4 is 10.6 Å². The Balaban J connectivity index is 1.45. The van der Waals surface area contributed by atoms with Crippen LogP contribution in [-0.2, 0) is 6.54 Å². The van der Waals surface area contributed by atoms with E-state index in [1.165, 1.54) is 0 Å². The second-order valence-electron chi connectivity index (χ2n) is 7.74. The van der Waals surface area contributed by atoms with Crippen molar-refractivity contribution < 1.29 is 4.79 Å². The maximum absolute atomic E-state index is 13.4. The summed E-state index contributed by atoms with van der Waals surface area (Å²) < 4.78 is 1.80. The van der Waals surface area contributed by atoms with Gasteiger partial charge < -0.3 is 15.5 Å². The first-order chi connectivity index (χ1) is 16.0. The van der Waals surface area contributed by atoms with Crippen molar-refractivity contribution in [2.75, 3.05) is 31.1 Å². The average molecular weight is 482 g/mol. The molecule has 10 heteroatoms. The van der Waals surface area contributed by atoms with Crippen LogP contribution in [0.15, 0.2) is 55.1 Å². The summed E-state index contributed by atoms with van der Waals surface area (Å²) in [5.74, 6) is 0.600. The van der Waals surface area contributed by atoms with E-state index in [0.717, 1.165) is 16.7 Å². The largest absolute Gasteiger partial charge is 0.337 e. The summed E-state index contributed by atoms with van der Waals surface area (Å²) in [6.45, 7) is 2.78. The summed E-state index contributed by atoms with van der Waals surface area (Å²) in [5.41, 5.74) is 9.67. The smallest absolute Gasteiger partial charge is 0.272 e. The van der Waals surface area contributed by atoms with Gasteiger partial charge in [-0.3, -0.25) is 9.20 Å². The monoisotopic (exact) mass is 481 g/mol. The number of fused-ring (bicyclic) bond motifs is 1. The van der Waals surface area contributed by atoms with Gasteiger partial charge in [0.05, 0.1) is 6.20 Å². The van der Waals surface area contributed by atoms with Crippen LogP contribution in [0.3, 0.4) is 0 Å². The molecule has 0 radical (unpaired) electrons. The van der Waals surface area contributed by atoms with Crippen molar-refractivity contribution in [2.45, 2.75) is 6.54 Å². The highest BCUT2D eigenvalue weighted by molar-refractivity contribution is 6.36. The third kappa shape index (κ3) is 4.13. The fraction of sp³-hybridized carbons (Fsp3) is 0.217. The molecule has 0 spiro atoms. The number of carbonyl (C=O) groups excluding carboxylic acids is 1. The van der Waals surface area contributed by atoms with Crippen LogP contribution in [0, 0.1) is 0 Å². The zero-order chi connectivity index (χ0) is 22.9. The average Bonchev–Trinajstić information content (AvgIpc) is 3.26. The Morgan fingerprint density at radius 3 is 2.45 bits per heavy atom. The fourth-order valence-electron chi connectivity index (χ4n) is 4.07. The summed E-state index contributed by atoms with van der Waals surface area (Å²) in [6.07, 6.45) is 6.93. The molecule has 2 N–H and O–H groups in total. The lowest BCUT2D eigenvalue weighted by molar-refractivity contribution is 0.0739. The first kappa shape index (κ1) is 21.6. The second-order valence-corrected chi connectivity index (χ2v) is 8.58. The van der Waals surface area contributed by atoms with Gasteiger partial charge in [-0.1, -0.05) is 29.3 Å². The number of imidazole rings is 1. The van der Waals surface area contributed by atoms with Crippen LogP contribution in [0.5, 0.6) is 0 Å². The van der Waals surface area contributed by atoms with Crippen molar-refractivity contribution in [3.63, 3.8) is 0 Å². The van der Waals surface area contributed by atoms with Gasteiger partial charge in [0.1, 0.15) is 11.3 Å². The van der Waals surface area contributed by atoms with Crippen LogP contribution >= 0.6 is 23.2 Å². The molecule has 0 atom stereocenters. The maximum atomic E-state index is 13.4. The van der Waals surface area contributed by atoms with E-state index in [1.54, 1.807) is 41.2 Å². The van der Waals surface area contributed by atoms with Crippen molar-refractivity contribution >= 4 is 40.7 Å². The number of rotatable bonds is 4. The van der Waals surface area contributed by atoms with Crippen LogP contribution in [0.25, 0.3) is 16.8 Å². The van der Waals surface area contributed by atoms with Gasteiger partial charge in [-0.25, -0.2) is 15.0 Å². The van der Waals surface area contributed by atoms with Crippen LogP contribution in [0.4, 0.5) is 5.95 Å². The van der Waals surface area contributed by atoms with E-state index in [0.29, 0.717) is 60.1 Å². The fourth-order valence-corrected chi connectivity index (χ4v) is 4.58. The molecule has 8 nitrogen and oxygen atoms in total. The molecular weight excluding hydrogens is 461 g/mol. The number of amides is 1. The molecular formula is C23H21Cl2N7O. The highest BCUT2D eigenvalue weighted by Crippen LogP contribution is 2.33. The molecule has 1 aliphatic rings. The molecule has 0 saturated carbocycles. The molecule has 1 amide bonds. The highest BCUT2D eigenvalue weighted by atomic mass is 35.5. The molecule has 1 fully saturated rings. The predicted molar refractivity (Wildman–Crippen MR) is 129 cm³/mol. The van der Waals surface area contributed by atoms with Crippen LogP contribution in [0.1, 0.15) is 16.1 Å². The molecule has 0 aliphatic carbocycles. The van der Waals surface area contributed by atoms with E-state index in [9.17, 15) is 4.79 Å². The summed E-state index contributed by atoms with van der Waals surface area (Å²) >= 11 is 12.5. The quantitative estimate of drug-likeness (QED) is 0.479. The third-order valence-corrected chi connectivity index (χ3v) is 6.34. The molecule has 0 unspecified atom stereocenters. The minimum absolute atomic E-state index is 0.0789. The number of anilines is 1. The van der Waals surface area contributed by atoms with Gasteiger partial charge in [0.2, 0.25) is 5.95 Å². The molecule has 3 aromatic heterocycles. The number of pyridine rings is 1. The van der Waals surface area contributed by atoms with Crippen molar-refractivity contribution in [1.82, 2.24) is 24.3 Å². The number of hydrogen-bond acceptors (Lipinski definition) is 6. The van der Waals surface area contributed by atoms with Crippen molar-refractivity contribution in [1.29, 1.82) is 0 Å². The Morgan fingerprint density at radius 2 is 1.76 bits per heavy atom. The summed E-state index contributed by atoms with van der Waals surface area (Å²) in [5, 5.41) is 1.07. The van der Waals surface area contributed by atoms with Crippen LogP contribution in [0.2, 0.25) is 10.0 Å². The molecule has 168 valence electrons. The van der Waals surface area contributed by atoms with Crippen molar-refractivity contribution in [2.24, 2.45) is 5.73 Å².